The Bertz CT molecular complexity index is 712. The van der Waals surface area contributed by atoms with E-state index in [0.29, 0.717) is 0 Å². The van der Waals surface area contributed by atoms with Gasteiger partial charge in [0.05, 0.1) is 6.04 Å². The molecule has 0 aromatic heterocycles. The molecular formula is C23H41N3O4S. The predicted molar refractivity (Wildman–Crippen MR) is 127 cm³/mol. The Morgan fingerprint density at radius 3 is 2.23 bits per heavy atom. The fraction of sp³-hybridized carbons (Fsp3) is 0.783. The van der Waals surface area contributed by atoms with Crippen LogP contribution < -0.4 is 5.32 Å². The lowest BCUT2D eigenvalue weighted by Crippen LogP contribution is -2.63. The van der Waals surface area contributed by atoms with Gasteiger partial charge < -0.3 is 15.3 Å². The molecule has 0 bridgehead atoms. The molecule has 3 atom stereocenters. The Balaban J connectivity index is 3.21. The molecule has 1 rings (SSSR count). The molecule has 1 aliphatic heterocycles. The molecule has 0 aliphatic carbocycles. The molecular weight excluding hydrogens is 414 g/mol. The summed E-state index contributed by atoms with van der Waals surface area (Å²) in [6, 6.07) is -1.47. The van der Waals surface area contributed by atoms with E-state index in [4.69, 9.17) is 0 Å². The molecule has 1 unspecified atom stereocenters. The van der Waals surface area contributed by atoms with Gasteiger partial charge >= 0.3 is 5.97 Å². The highest BCUT2D eigenvalue weighted by Gasteiger charge is 2.44. The second kappa shape index (κ2) is 10.4. The highest BCUT2D eigenvalue weighted by atomic mass is 32.2. The lowest BCUT2D eigenvalue weighted by molar-refractivity contribution is -0.141. The van der Waals surface area contributed by atoms with Crippen molar-refractivity contribution < 1.29 is 19.5 Å². The van der Waals surface area contributed by atoms with Crippen molar-refractivity contribution >= 4 is 29.5 Å². The Morgan fingerprint density at radius 1 is 1.26 bits per heavy atom. The van der Waals surface area contributed by atoms with Gasteiger partial charge in [0, 0.05) is 29.7 Å². The van der Waals surface area contributed by atoms with Crippen LogP contribution in [0.3, 0.4) is 0 Å². The van der Waals surface area contributed by atoms with Crippen molar-refractivity contribution in [2.45, 2.75) is 78.3 Å². The Hall–Kier alpha value is -1.54. The molecule has 1 saturated heterocycles. The maximum Gasteiger partial charge on any atom is 0.331 e. The highest BCUT2D eigenvalue weighted by Crippen LogP contribution is 2.35. The smallest absolute Gasteiger partial charge is 0.331 e. The van der Waals surface area contributed by atoms with E-state index in [1.54, 1.807) is 29.8 Å². The summed E-state index contributed by atoms with van der Waals surface area (Å²) in [5.74, 6) is -0.410. The third-order valence-electron chi connectivity index (χ3n) is 5.90. The van der Waals surface area contributed by atoms with Gasteiger partial charge in [-0.1, -0.05) is 40.7 Å². The number of carbonyl (C=O) groups is 3. The van der Waals surface area contributed by atoms with Gasteiger partial charge in [-0.3, -0.25) is 14.5 Å². The quantitative estimate of drug-likeness (QED) is 0.574. The van der Waals surface area contributed by atoms with Crippen molar-refractivity contribution in [2.75, 3.05) is 26.4 Å². The SMILES string of the molecule is C/C(=C\[C@H](C(C)C)N(C)C(=O)[C@@H](NC(=O)C1N(C)CCSC1(C)C)C(C)(C)C)C(=O)O. The van der Waals surface area contributed by atoms with E-state index in [1.165, 1.54) is 6.92 Å². The molecule has 178 valence electrons. The van der Waals surface area contributed by atoms with Gasteiger partial charge in [0.1, 0.15) is 12.1 Å². The molecule has 0 aromatic rings. The van der Waals surface area contributed by atoms with Crippen LogP contribution >= 0.6 is 11.8 Å². The van der Waals surface area contributed by atoms with E-state index in [-0.39, 0.29) is 34.1 Å². The zero-order chi connectivity index (χ0) is 24.3. The van der Waals surface area contributed by atoms with E-state index in [1.807, 2.05) is 41.7 Å². The molecule has 0 aromatic carbocycles. The first-order valence-electron chi connectivity index (χ1n) is 10.8. The Morgan fingerprint density at radius 2 is 1.81 bits per heavy atom. The van der Waals surface area contributed by atoms with E-state index in [9.17, 15) is 19.5 Å². The predicted octanol–water partition coefficient (Wildman–Crippen LogP) is 2.86. The molecule has 1 heterocycles. The van der Waals surface area contributed by atoms with Gasteiger partial charge in [-0.05, 0) is 39.2 Å². The maximum absolute atomic E-state index is 13.6. The van der Waals surface area contributed by atoms with Crippen LogP contribution in [-0.2, 0) is 14.4 Å². The number of nitrogens with zero attached hydrogens (tertiary/aromatic N) is 2. The number of carbonyl (C=O) groups excluding carboxylic acids is 2. The number of amides is 2. The number of likely N-dealkylation sites (N-methyl/N-ethyl adjacent to an activating group) is 2. The summed E-state index contributed by atoms with van der Waals surface area (Å²) in [5.41, 5.74) is -0.323. The Labute approximate surface area is 192 Å². The first-order chi connectivity index (χ1) is 14.0. The van der Waals surface area contributed by atoms with Crippen molar-refractivity contribution in [3.05, 3.63) is 11.6 Å². The number of nitrogens with one attached hydrogen (secondary N) is 1. The number of hydrogen-bond acceptors (Lipinski definition) is 5. The van der Waals surface area contributed by atoms with Crippen molar-refractivity contribution in [1.82, 2.24) is 15.1 Å². The largest absolute Gasteiger partial charge is 0.478 e. The standard InChI is InChI=1S/C23H41N3O4S/c1-14(2)16(13-15(3)21(29)30)26(10)20(28)17(22(4,5)6)24-19(27)18-23(7,8)31-12-11-25(18)9/h13-14,16-18H,11-12H2,1-10H3,(H,24,27)(H,29,30)/b15-13+/t16-,17-,18?/m1/s1. The van der Waals surface area contributed by atoms with Gasteiger partial charge in [0.25, 0.3) is 0 Å². The van der Waals surface area contributed by atoms with Crippen molar-refractivity contribution in [3.8, 4) is 0 Å². The lowest BCUT2D eigenvalue weighted by Gasteiger charge is -2.44. The second-order valence-corrected chi connectivity index (χ2v) is 12.2. The van der Waals surface area contributed by atoms with Gasteiger partial charge in [-0.15, -0.1) is 0 Å². The number of rotatable bonds is 7. The lowest BCUT2D eigenvalue weighted by atomic mass is 9.84. The summed E-state index contributed by atoms with van der Waals surface area (Å²) < 4.78 is -0.268. The monoisotopic (exact) mass is 455 g/mol. The first-order valence-corrected chi connectivity index (χ1v) is 11.8. The minimum atomic E-state index is -1.01. The summed E-state index contributed by atoms with van der Waals surface area (Å²) in [5, 5.41) is 12.3. The van der Waals surface area contributed by atoms with Crippen molar-refractivity contribution in [3.63, 3.8) is 0 Å². The van der Waals surface area contributed by atoms with Gasteiger partial charge in [-0.2, -0.15) is 11.8 Å². The Kier molecular flexibility index (Phi) is 9.21. The molecule has 0 radical (unpaired) electrons. The fourth-order valence-corrected chi connectivity index (χ4v) is 5.36. The molecule has 1 aliphatic rings. The molecule has 0 saturated carbocycles. The molecule has 1 fully saturated rings. The number of carboxylic acid groups (broad SMARTS) is 1. The summed E-state index contributed by atoms with van der Waals surface area (Å²) in [4.78, 5) is 41.9. The third kappa shape index (κ3) is 6.97. The highest BCUT2D eigenvalue weighted by molar-refractivity contribution is 8.00. The van der Waals surface area contributed by atoms with Crippen LogP contribution in [0.1, 0.15) is 55.4 Å². The summed E-state index contributed by atoms with van der Waals surface area (Å²) in [6.45, 7) is 16.1. The maximum atomic E-state index is 13.6. The van der Waals surface area contributed by atoms with Crippen LogP contribution in [-0.4, -0.2) is 82.0 Å². The van der Waals surface area contributed by atoms with Crippen molar-refractivity contribution in [1.29, 1.82) is 0 Å². The van der Waals surface area contributed by atoms with E-state index in [0.717, 1.165) is 12.3 Å². The normalized spacial score (nSPS) is 22.0. The number of thioether (sulfide) groups is 1. The van der Waals surface area contributed by atoms with Crippen LogP contribution in [0, 0.1) is 11.3 Å². The molecule has 2 amide bonds. The third-order valence-corrected chi connectivity index (χ3v) is 7.26. The minimum absolute atomic E-state index is 0.0133. The van der Waals surface area contributed by atoms with Crippen LogP contribution in [0.25, 0.3) is 0 Å². The number of hydrogen-bond donors (Lipinski definition) is 2. The fourth-order valence-electron chi connectivity index (χ4n) is 4.01. The number of aliphatic carboxylic acids is 1. The number of carboxylic acids is 1. The first kappa shape index (κ1) is 27.5. The molecule has 0 spiro atoms. The van der Waals surface area contributed by atoms with Crippen LogP contribution in [0.2, 0.25) is 0 Å². The summed E-state index contributed by atoms with van der Waals surface area (Å²) in [7, 11) is 3.62. The van der Waals surface area contributed by atoms with Gasteiger partial charge in [0.15, 0.2) is 0 Å². The summed E-state index contributed by atoms with van der Waals surface area (Å²) in [6.07, 6.45) is 1.61. The average Bonchev–Trinajstić information content (AvgIpc) is 2.60. The molecule has 31 heavy (non-hydrogen) atoms. The van der Waals surface area contributed by atoms with Gasteiger partial charge in [0.2, 0.25) is 11.8 Å². The zero-order valence-electron chi connectivity index (χ0n) is 20.8. The van der Waals surface area contributed by atoms with E-state index >= 15 is 0 Å². The van der Waals surface area contributed by atoms with Gasteiger partial charge in [-0.25, -0.2) is 4.79 Å². The molecule has 2 N–H and O–H groups in total. The van der Waals surface area contributed by atoms with Crippen LogP contribution in [0.4, 0.5) is 0 Å². The van der Waals surface area contributed by atoms with E-state index in [2.05, 4.69) is 24.1 Å². The van der Waals surface area contributed by atoms with Crippen molar-refractivity contribution in [2.24, 2.45) is 11.3 Å². The van der Waals surface area contributed by atoms with Crippen LogP contribution in [0.5, 0.6) is 0 Å². The second-order valence-electron chi connectivity index (χ2n) is 10.5. The molecule has 8 heteroatoms. The van der Waals surface area contributed by atoms with E-state index < -0.39 is 23.5 Å². The molecule has 7 nitrogen and oxygen atoms in total. The van der Waals surface area contributed by atoms with Crippen LogP contribution in [0.15, 0.2) is 11.6 Å². The summed E-state index contributed by atoms with van der Waals surface area (Å²) >= 11 is 1.77. The minimum Gasteiger partial charge on any atom is -0.478 e. The topological polar surface area (TPSA) is 90.0 Å². The zero-order valence-corrected chi connectivity index (χ0v) is 21.6. The average molecular weight is 456 g/mol.